The van der Waals surface area contributed by atoms with E-state index in [1.807, 2.05) is 30.3 Å². The van der Waals surface area contributed by atoms with Gasteiger partial charge in [0.05, 0.1) is 4.92 Å². The molecule has 1 amide bonds. The Labute approximate surface area is 165 Å². The van der Waals surface area contributed by atoms with Crippen LogP contribution in [0, 0.1) is 10.1 Å². The number of aromatic nitrogens is 2. The Kier molecular flexibility index (Phi) is 6.05. The molecule has 2 aromatic carbocycles. The van der Waals surface area contributed by atoms with Gasteiger partial charge in [-0.3, -0.25) is 14.9 Å². The number of nitro benzene ring substituents is 1. The van der Waals surface area contributed by atoms with Gasteiger partial charge in [0.2, 0.25) is 11.8 Å². The second-order valence-corrected chi connectivity index (χ2v) is 7.16. The van der Waals surface area contributed by atoms with E-state index in [-0.39, 0.29) is 22.9 Å². The maximum absolute atomic E-state index is 11.3. The summed E-state index contributed by atoms with van der Waals surface area (Å²) >= 11 is 1.20. The predicted octanol–water partition coefficient (Wildman–Crippen LogP) is 3.72. The van der Waals surface area contributed by atoms with E-state index in [4.69, 9.17) is 10.2 Å². The Morgan fingerprint density at radius 2 is 2.00 bits per heavy atom. The normalized spacial score (nSPS) is 11.9. The first-order valence-electron chi connectivity index (χ1n) is 8.51. The number of hydrogen-bond donors (Lipinski definition) is 1. The van der Waals surface area contributed by atoms with E-state index in [0.29, 0.717) is 23.1 Å². The number of carbonyl (C=O) groups is 1. The fraction of sp³-hybridized carbons (Fsp3) is 0.211. The molecule has 0 aliphatic carbocycles. The molecule has 0 spiro atoms. The van der Waals surface area contributed by atoms with Gasteiger partial charge in [0.25, 0.3) is 10.9 Å². The van der Waals surface area contributed by atoms with Gasteiger partial charge in [0.15, 0.2) is 0 Å². The highest BCUT2D eigenvalue weighted by Gasteiger charge is 2.18. The van der Waals surface area contributed by atoms with Crippen molar-refractivity contribution in [2.24, 2.45) is 5.73 Å². The highest BCUT2D eigenvalue weighted by Crippen LogP contribution is 2.29. The third-order valence-electron chi connectivity index (χ3n) is 4.22. The molecular formula is C19H18N4O4S. The minimum absolute atomic E-state index is 0.0930. The van der Waals surface area contributed by atoms with Crippen LogP contribution in [-0.4, -0.2) is 21.0 Å². The van der Waals surface area contributed by atoms with Crippen LogP contribution in [0.5, 0.6) is 0 Å². The first-order chi connectivity index (χ1) is 13.4. The number of rotatable bonds is 8. The first-order valence-corrected chi connectivity index (χ1v) is 9.50. The highest BCUT2D eigenvalue weighted by atomic mass is 32.2. The number of hydrogen-bond acceptors (Lipinski definition) is 7. The van der Waals surface area contributed by atoms with Crippen molar-refractivity contribution in [3.63, 3.8) is 0 Å². The summed E-state index contributed by atoms with van der Waals surface area (Å²) < 4.78 is 5.66. The summed E-state index contributed by atoms with van der Waals surface area (Å²) in [6, 6.07) is 14.2. The van der Waals surface area contributed by atoms with Crippen LogP contribution in [0.25, 0.3) is 0 Å². The fourth-order valence-corrected chi connectivity index (χ4v) is 3.47. The summed E-state index contributed by atoms with van der Waals surface area (Å²) in [5, 5.41) is 19.7. The molecule has 144 valence electrons. The van der Waals surface area contributed by atoms with Gasteiger partial charge in [-0.05, 0) is 17.5 Å². The minimum atomic E-state index is -0.712. The SMILES string of the molecule is CC(Cc1nnc(SCc2ccc(C(N)=O)cc2[N+](=O)[O-])o1)c1ccccc1. The van der Waals surface area contributed by atoms with Crippen molar-refractivity contribution in [3.8, 4) is 0 Å². The average Bonchev–Trinajstić information content (AvgIpc) is 3.14. The van der Waals surface area contributed by atoms with Crippen LogP contribution < -0.4 is 5.73 Å². The molecule has 0 fully saturated rings. The molecule has 3 aromatic rings. The number of nitro groups is 1. The summed E-state index contributed by atoms with van der Waals surface area (Å²) in [6.07, 6.45) is 0.602. The largest absolute Gasteiger partial charge is 0.416 e. The van der Waals surface area contributed by atoms with Crippen molar-refractivity contribution in [2.45, 2.75) is 30.2 Å². The van der Waals surface area contributed by atoms with Crippen LogP contribution in [0.2, 0.25) is 0 Å². The van der Waals surface area contributed by atoms with Crippen LogP contribution in [-0.2, 0) is 12.2 Å². The number of amides is 1. The molecule has 0 saturated heterocycles. The number of nitrogens with zero attached hydrogens (tertiary/aromatic N) is 3. The fourth-order valence-electron chi connectivity index (χ4n) is 2.69. The number of primary amides is 1. The maximum atomic E-state index is 11.3. The van der Waals surface area contributed by atoms with E-state index in [2.05, 4.69) is 17.1 Å². The molecule has 1 atom stereocenters. The Hall–Kier alpha value is -3.20. The summed E-state index contributed by atoms with van der Waals surface area (Å²) in [5.74, 6) is 0.279. The monoisotopic (exact) mass is 398 g/mol. The Morgan fingerprint density at radius 3 is 2.68 bits per heavy atom. The van der Waals surface area contributed by atoms with Crippen molar-refractivity contribution in [2.75, 3.05) is 0 Å². The van der Waals surface area contributed by atoms with Gasteiger partial charge in [-0.15, -0.1) is 10.2 Å². The minimum Gasteiger partial charge on any atom is -0.416 e. The molecule has 1 aromatic heterocycles. The molecule has 0 aliphatic rings. The summed E-state index contributed by atoms with van der Waals surface area (Å²) in [6.45, 7) is 2.08. The summed E-state index contributed by atoms with van der Waals surface area (Å²) in [7, 11) is 0. The molecule has 2 N–H and O–H groups in total. The lowest BCUT2D eigenvalue weighted by atomic mass is 9.98. The molecule has 1 heterocycles. The smallest absolute Gasteiger partial charge is 0.276 e. The molecule has 0 aliphatic heterocycles. The Balaban J connectivity index is 1.66. The molecule has 0 radical (unpaired) electrons. The quantitative estimate of drug-likeness (QED) is 0.348. The highest BCUT2D eigenvalue weighted by molar-refractivity contribution is 7.98. The lowest BCUT2D eigenvalue weighted by Gasteiger charge is -2.08. The number of benzene rings is 2. The number of nitrogens with two attached hydrogens (primary N) is 1. The molecule has 3 rings (SSSR count). The zero-order valence-electron chi connectivity index (χ0n) is 15.1. The van der Waals surface area contributed by atoms with Crippen LogP contribution in [0.1, 0.15) is 40.2 Å². The third kappa shape index (κ3) is 4.74. The molecule has 1 unspecified atom stereocenters. The van der Waals surface area contributed by atoms with E-state index in [9.17, 15) is 14.9 Å². The predicted molar refractivity (Wildman–Crippen MR) is 104 cm³/mol. The van der Waals surface area contributed by atoms with E-state index in [0.717, 1.165) is 0 Å². The van der Waals surface area contributed by atoms with Gasteiger partial charge in [-0.1, -0.05) is 55.1 Å². The third-order valence-corrected chi connectivity index (χ3v) is 5.08. The molecule has 9 heteroatoms. The van der Waals surface area contributed by atoms with Gasteiger partial charge in [-0.25, -0.2) is 0 Å². The van der Waals surface area contributed by atoms with Crippen LogP contribution in [0.4, 0.5) is 5.69 Å². The van der Waals surface area contributed by atoms with Crippen molar-refractivity contribution < 1.29 is 14.1 Å². The van der Waals surface area contributed by atoms with Crippen molar-refractivity contribution >= 4 is 23.4 Å². The Morgan fingerprint density at radius 1 is 1.25 bits per heavy atom. The van der Waals surface area contributed by atoms with Crippen LogP contribution in [0.15, 0.2) is 58.2 Å². The number of thioether (sulfide) groups is 1. The van der Waals surface area contributed by atoms with Gasteiger partial charge in [0.1, 0.15) is 0 Å². The van der Waals surface area contributed by atoms with Crippen molar-refractivity contribution in [3.05, 3.63) is 81.2 Å². The van der Waals surface area contributed by atoms with E-state index in [1.54, 1.807) is 0 Å². The van der Waals surface area contributed by atoms with Gasteiger partial charge < -0.3 is 10.2 Å². The zero-order chi connectivity index (χ0) is 20.1. The van der Waals surface area contributed by atoms with E-state index >= 15 is 0 Å². The molecular weight excluding hydrogens is 380 g/mol. The second-order valence-electron chi connectivity index (χ2n) is 6.23. The molecule has 0 bridgehead atoms. The van der Waals surface area contributed by atoms with Crippen molar-refractivity contribution in [1.29, 1.82) is 0 Å². The van der Waals surface area contributed by atoms with Gasteiger partial charge >= 0.3 is 0 Å². The zero-order valence-corrected chi connectivity index (χ0v) is 15.9. The standard InChI is InChI=1S/C19H18N4O4S/c1-12(13-5-3-2-4-6-13)9-17-21-22-19(27-17)28-11-15-8-7-14(18(20)24)10-16(15)23(25)26/h2-8,10,12H,9,11H2,1H3,(H2,20,24). The van der Waals surface area contributed by atoms with E-state index in [1.165, 1.54) is 35.5 Å². The lowest BCUT2D eigenvalue weighted by molar-refractivity contribution is -0.385. The van der Waals surface area contributed by atoms with Gasteiger partial charge in [-0.2, -0.15) is 0 Å². The summed E-state index contributed by atoms with van der Waals surface area (Å²) in [5.41, 5.74) is 6.73. The molecule has 8 nitrogen and oxygen atoms in total. The summed E-state index contributed by atoms with van der Waals surface area (Å²) in [4.78, 5) is 21.9. The van der Waals surface area contributed by atoms with Crippen molar-refractivity contribution in [1.82, 2.24) is 10.2 Å². The average molecular weight is 398 g/mol. The molecule has 0 saturated carbocycles. The van der Waals surface area contributed by atoms with E-state index < -0.39 is 10.8 Å². The van der Waals surface area contributed by atoms with Crippen LogP contribution >= 0.6 is 11.8 Å². The lowest BCUT2D eigenvalue weighted by Crippen LogP contribution is -2.11. The topological polar surface area (TPSA) is 125 Å². The second kappa shape index (κ2) is 8.66. The molecule has 28 heavy (non-hydrogen) atoms. The maximum Gasteiger partial charge on any atom is 0.276 e. The van der Waals surface area contributed by atoms with Gasteiger partial charge in [0, 0.05) is 29.4 Å². The number of carbonyl (C=O) groups excluding carboxylic acids is 1. The first kappa shape index (κ1) is 19.6. The Bertz CT molecular complexity index is 991. The van der Waals surface area contributed by atoms with Crippen LogP contribution in [0.3, 0.4) is 0 Å².